The minimum atomic E-state index is 0.268. The number of halogens is 2. The molecular formula is C16H17Cl2N. The first-order chi connectivity index (χ1) is 9.19. The molecule has 3 heteroatoms. The van der Waals surface area contributed by atoms with Gasteiger partial charge in [-0.3, -0.25) is 0 Å². The second kappa shape index (κ2) is 6.95. The molecule has 2 aromatic rings. The molecule has 100 valence electrons. The number of hydrogen-bond acceptors (Lipinski definition) is 1. The minimum Gasteiger partial charge on any atom is -0.310 e. The Kier molecular flexibility index (Phi) is 5.26. The van der Waals surface area contributed by atoms with Crippen molar-refractivity contribution >= 4 is 23.2 Å². The quantitative estimate of drug-likeness (QED) is 0.828. The van der Waals surface area contributed by atoms with Crippen LogP contribution in [0.25, 0.3) is 0 Å². The molecule has 0 aliphatic rings. The molecule has 19 heavy (non-hydrogen) atoms. The Morgan fingerprint density at radius 2 is 1.74 bits per heavy atom. The van der Waals surface area contributed by atoms with Crippen molar-refractivity contribution in [3.05, 3.63) is 69.7 Å². The zero-order chi connectivity index (χ0) is 13.7. The fourth-order valence-corrected chi connectivity index (χ4v) is 2.46. The maximum absolute atomic E-state index is 6.07. The van der Waals surface area contributed by atoms with Crippen LogP contribution in [0.1, 0.15) is 24.1 Å². The van der Waals surface area contributed by atoms with Crippen LogP contribution >= 0.6 is 23.2 Å². The molecule has 0 spiro atoms. The van der Waals surface area contributed by atoms with Crippen LogP contribution in [0, 0.1) is 0 Å². The largest absolute Gasteiger partial charge is 0.310 e. The normalized spacial score (nSPS) is 12.4. The smallest absolute Gasteiger partial charge is 0.0409 e. The standard InChI is InChI=1S/C16H17Cl2N/c1-2-19-16(13-4-3-5-15(18)11-13)10-12-6-8-14(17)9-7-12/h3-9,11,16,19H,2,10H2,1H3. The summed E-state index contributed by atoms with van der Waals surface area (Å²) in [6, 6.07) is 16.3. The highest BCUT2D eigenvalue weighted by Crippen LogP contribution is 2.22. The molecule has 2 rings (SSSR count). The predicted molar refractivity (Wildman–Crippen MR) is 83.0 cm³/mol. The Morgan fingerprint density at radius 1 is 1.00 bits per heavy atom. The van der Waals surface area contributed by atoms with Crippen LogP contribution < -0.4 is 5.32 Å². The van der Waals surface area contributed by atoms with E-state index in [1.165, 1.54) is 11.1 Å². The minimum absolute atomic E-state index is 0.268. The summed E-state index contributed by atoms with van der Waals surface area (Å²) in [4.78, 5) is 0. The first kappa shape index (κ1) is 14.4. The maximum atomic E-state index is 6.07. The van der Waals surface area contributed by atoms with E-state index in [4.69, 9.17) is 23.2 Å². The van der Waals surface area contributed by atoms with Crippen LogP contribution in [0.2, 0.25) is 10.0 Å². The van der Waals surface area contributed by atoms with Gasteiger partial charge in [-0.25, -0.2) is 0 Å². The molecule has 2 aromatic carbocycles. The van der Waals surface area contributed by atoms with Gasteiger partial charge in [0.25, 0.3) is 0 Å². The average molecular weight is 294 g/mol. The lowest BCUT2D eigenvalue weighted by Crippen LogP contribution is -2.22. The molecule has 1 atom stereocenters. The molecule has 0 bridgehead atoms. The third kappa shape index (κ3) is 4.24. The van der Waals surface area contributed by atoms with Crippen molar-refractivity contribution in [2.75, 3.05) is 6.54 Å². The highest BCUT2D eigenvalue weighted by molar-refractivity contribution is 6.30. The van der Waals surface area contributed by atoms with E-state index in [1.54, 1.807) is 0 Å². The van der Waals surface area contributed by atoms with Crippen LogP contribution in [0.5, 0.6) is 0 Å². The van der Waals surface area contributed by atoms with E-state index in [-0.39, 0.29) is 6.04 Å². The molecule has 0 amide bonds. The van der Waals surface area contributed by atoms with Gasteiger partial charge in [-0.15, -0.1) is 0 Å². The zero-order valence-electron chi connectivity index (χ0n) is 10.9. The Hall–Kier alpha value is -1.02. The molecule has 0 saturated carbocycles. The molecule has 0 heterocycles. The summed E-state index contributed by atoms with van der Waals surface area (Å²) in [6.07, 6.45) is 0.922. The molecule has 0 aliphatic carbocycles. The molecule has 1 unspecified atom stereocenters. The average Bonchev–Trinajstić information content (AvgIpc) is 2.41. The summed E-state index contributed by atoms with van der Waals surface area (Å²) in [5, 5.41) is 5.04. The van der Waals surface area contributed by atoms with Crippen LogP contribution in [0.15, 0.2) is 48.5 Å². The Morgan fingerprint density at radius 3 is 2.37 bits per heavy atom. The molecule has 0 saturated heterocycles. The number of nitrogens with one attached hydrogen (secondary N) is 1. The monoisotopic (exact) mass is 293 g/mol. The van der Waals surface area contributed by atoms with Gasteiger partial charge >= 0.3 is 0 Å². The van der Waals surface area contributed by atoms with Crippen molar-refractivity contribution in [1.29, 1.82) is 0 Å². The van der Waals surface area contributed by atoms with Gasteiger partial charge in [0, 0.05) is 16.1 Å². The van der Waals surface area contributed by atoms with Gasteiger partial charge in [-0.1, -0.05) is 54.4 Å². The molecule has 1 nitrogen and oxygen atoms in total. The van der Waals surface area contributed by atoms with Crippen molar-refractivity contribution in [2.24, 2.45) is 0 Å². The molecule has 0 aromatic heterocycles. The topological polar surface area (TPSA) is 12.0 Å². The Balaban J connectivity index is 2.18. The van der Waals surface area contributed by atoms with Gasteiger partial charge in [0.1, 0.15) is 0 Å². The lowest BCUT2D eigenvalue weighted by Gasteiger charge is -2.19. The summed E-state index contributed by atoms with van der Waals surface area (Å²) >= 11 is 12.0. The molecule has 0 aliphatic heterocycles. The SMILES string of the molecule is CCNC(Cc1ccc(Cl)cc1)c1cccc(Cl)c1. The number of rotatable bonds is 5. The van der Waals surface area contributed by atoms with E-state index in [0.29, 0.717) is 0 Å². The van der Waals surface area contributed by atoms with E-state index >= 15 is 0 Å². The van der Waals surface area contributed by atoms with Crippen molar-refractivity contribution in [3.63, 3.8) is 0 Å². The highest BCUT2D eigenvalue weighted by Gasteiger charge is 2.11. The fraction of sp³-hybridized carbons (Fsp3) is 0.250. The van der Waals surface area contributed by atoms with Crippen molar-refractivity contribution in [3.8, 4) is 0 Å². The van der Waals surface area contributed by atoms with Gasteiger partial charge in [0.2, 0.25) is 0 Å². The van der Waals surface area contributed by atoms with Crippen LogP contribution in [0.4, 0.5) is 0 Å². The van der Waals surface area contributed by atoms with E-state index in [1.807, 2.05) is 30.3 Å². The third-order valence-corrected chi connectivity index (χ3v) is 3.54. The lowest BCUT2D eigenvalue weighted by atomic mass is 9.99. The van der Waals surface area contributed by atoms with Crippen molar-refractivity contribution in [2.45, 2.75) is 19.4 Å². The Bertz CT molecular complexity index is 523. The van der Waals surface area contributed by atoms with Crippen LogP contribution in [-0.4, -0.2) is 6.54 Å². The predicted octanol–water partition coefficient (Wildman–Crippen LogP) is 4.89. The third-order valence-electron chi connectivity index (χ3n) is 3.05. The summed E-state index contributed by atoms with van der Waals surface area (Å²) in [5.41, 5.74) is 2.47. The van der Waals surface area contributed by atoms with Gasteiger partial charge in [-0.05, 0) is 48.4 Å². The molecule has 0 radical (unpaired) electrons. The molecule has 1 N–H and O–H groups in total. The van der Waals surface area contributed by atoms with Crippen molar-refractivity contribution in [1.82, 2.24) is 5.32 Å². The molecular weight excluding hydrogens is 277 g/mol. The first-order valence-corrected chi connectivity index (χ1v) is 7.18. The second-order valence-corrected chi connectivity index (χ2v) is 5.37. The maximum Gasteiger partial charge on any atom is 0.0409 e. The summed E-state index contributed by atoms with van der Waals surface area (Å²) < 4.78 is 0. The van der Waals surface area contributed by atoms with Crippen LogP contribution in [-0.2, 0) is 6.42 Å². The summed E-state index contributed by atoms with van der Waals surface area (Å²) in [6.45, 7) is 3.03. The van der Waals surface area contributed by atoms with E-state index in [2.05, 4.69) is 30.4 Å². The molecule has 0 fully saturated rings. The first-order valence-electron chi connectivity index (χ1n) is 6.42. The summed E-state index contributed by atoms with van der Waals surface area (Å²) in [7, 11) is 0. The van der Waals surface area contributed by atoms with E-state index < -0.39 is 0 Å². The van der Waals surface area contributed by atoms with Gasteiger partial charge in [0.15, 0.2) is 0 Å². The second-order valence-electron chi connectivity index (χ2n) is 4.50. The van der Waals surface area contributed by atoms with Crippen LogP contribution in [0.3, 0.4) is 0 Å². The number of benzene rings is 2. The lowest BCUT2D eigenvalue weighted by molar-refractivity contribution is 0.550. The van der Waals surface area contributed by atoms with E-state index in [0.717, 1.165) is 23.0 Å². The zero-order valence-corrected chi connectivity index (χ0v) is 12.4. The Labute approximate surface area is 124 Å². The highest BCUT2D eigenvalue weighted by atomic mass is 35.5. The fourth-order valence-electron chi connectivity index (χ4n) is 2.13. The van der Waals surface area contributed by atoms with Gasteiger partial charge < -0.3 is 5.32 Å². The summed E-state index contributed by atoms with van der Waals surface area (Å²) in [5.74, 6) is 0. The van der Waals surface area contributed by atoms with Gasteiger partial charge in [-0.2, -0.15) is 0 Å². The van der Waals surface area contributed by atoms with Gasteiger partial charge in [0.05, 0.1) is 0 Å². The van der Waals surface area contributed by atoms with E-state index in [9.17, 15) is 0 Å². The van der Waals surface area contributed by atoms with Crippen molar-refractivity contribution < 1.29 is 0 Å². The number of hydrogen-bond donors (Lipinski definition) is 1. The number of likely N-dealkylation sites (N-methyl/N-ethyl adjacent to an activating group) is 1.